The van der Waals surface area contributed by atoms with Crippen molar-refractivity contribution in [2.24, 2.45) is 5.92 Å². The molecule has 1 aliphatic heterocycles. The zero-order valence-electron chi connectivity index (χ0n) is 13.1. The molecule has 1 saturated heterocycles. The topological polar surface area (TPSA) is 54.3 Å². The van der Waals surface area contributed by atoms with Crippen molar-refractivity contribution >= 4 is 17.2 Å². The Kier molecular flexibility index (Phi) is 5.58. The summed E-state index contributed by atoms with van der Waals surface area (Å²) < 4.78 is 1.61. The molecule has 5 nitrogen and oxygen atoms in total. The average Bonchev–Trinajstić information content (AvgIpc) is 2.72. The lowest BCUT2D eigenvalue weighted by atomic mass is 9.93. The van der Waals surface area contributed by atoms with Crippen LogP contribution in [0.5, 0.6) is 0 Å². The largest absolute Gasteiger partial charge is 0.341 e. The van der Waals surface area contributed by atoms with Gasteiger partial charge >= 0.3 is 4.87 Å². The van der Waals surface area contributed by atoms with E-state index in [9.17, 15) is 9.59 Å². The Morgan fingerprint density at radius 2 is 2.00 bits per heavy atom. The summed E-state index contributed by atoms with van der Waals surface area (Å²) in [5.41, 5.74) is 0.919. The second-order valence-corrected chi connectivity index (χ2v) is 6.98. The number of rotatable bonds is 5. The van der Waals surface area contributed by atoms with Gasteiger partial charge in [-0.2, -0.15) is 0 Å². The van der Waals surface area contributed by atoms with Gasteiger partial charge in [-0.1, -0.05) is 11.3 Å². The average molecular weight is 311 g/mol. The Morgan fingerprint density at radius 1 is 1.33 bits per heavy atom. The Morgan fingerprint density at radius 3 is 2.52 bits per heavy atom. The van der Waals surface area contributed by atoms with Crippen molar-refractivity contribution in [2.75, 3.05) is 26.7 Å². The third-order valence-corrected chi connectivity index (χ3v) is 5.43. The van der Waals surface area contributed by atoms with Crippen LogP contribution in [0, 0.1) is 19.8 Å². The molecule has 0 atom stereocenters. The minimum Gasteiger partial charge on any atom is -0.341 e. The van der Waals surface area contributed by atoms with E-state index < -0.39 is 0 Å². The van der Waals surface area contributed by atoms with Gasteiger partial charge in [-0.3, -0.25) is 14.2 Å². The fourth-order valence-corrected chi connectivity index (χ4v) is 3.66. The summed E-state index contributed by atoms with van der Waals surface area (Å²) in [6.45, 7) is 6.71. The highest BCUT2D eigenvalue weighted by molar-refractivity contribution is 7.09. The highest BCUT2D eigenvalue weighted by atomic mass is 32.1. The predicted octanol–water partition coefficient (Wildman–Crippen LogP) is 1.37. The number of likely N-dealkylation sites (tertiary alicyclic amines) is 1. The summed E-state index contributed by atoms with van der Waals surface area (Å²) in [6.07, 6.45) is 3.33. The van der Waals surface area contributed by atoms with E-state index in [1.807, 2.05) is 25.8 Å². The zero-order chi connectivity index (χ0) is 15.4. The molecule has 21 heavy (non-hydrogen) atoms. The maximum Gasteiger partial charge on any atom is 0.308 e. The molecular weight excluding hydrogens is 286 g/mol. The van der Waals surface area contributed by atoms with Gasteiger partial charge in [-0.25, -0.2) is 0 Å². The van der Waals surface area contributed by atoms with Gasteiger partial charge in [0.05, 0.1) is 0 Å². The predicted molar refractivity (Wildman–Crippen MR) is 85.9 cm³/mol. The first kappa shape index (κ1) is 16.2. The number of carbonyl (C=O) groups is 1. The molecule has 0 radical (unpaired) electrons. The summed E-state index contributed by atoms with van der Waals surface area (Å²) in [5, 5.41) is 3.18. The number of hydrogen-bond donors (Lipinski definition) is 1. The summed E-state index contributed by atoms with van der Waals surface area (Å²) in [6, 6.07) is 0. The van der Waals surface area contributed by atoms with E-state index in [1.54, 1.807) is 4.57 Å². The molecule has 0 aliphatic carbocycles. The van der Waals surface area contributed by atoms with Crippen molar-refractivity contribution in [3.63, 3.8) is 0 Å². The fourth-order valence-electron chi connectivity index (χ4n) is 2.82. The molecule has 0 aromatic carbocycles. The lowest BCUT2D eigenvalue weighted by Crippen LogP contribution is -2.41. The molecule has 1 aromatic rings. The van der Waals surface area contributed by atoms with Crippen LogP contribution in [-0.2, 0) is 11.3 Å². The van der Waals surface area contributed by atoms with Crippen LogP contribution in [0.3, 0.4) is 0 Å². The van der Waals surface area contributed by atoms with Crippen LogP contribution in [-0.4, -0.2) is 42.1 Å². The van der Waals surface area contributed by atoms with Crippen molar-refractivity contribution in [1.82, 2.24) is 14.8 Å². The molecule has 2 heterocycles. The number of hydrogen-bond acceptors (Lipinski definition) is 4. The van der Waals surface area contributed by atoms with Crippen LogP contribution in [0.2, 0.25) is 0 Å². The Hall–Kier alpha value is -1.14. The summed E-state index contributed by atoms with van der Waals surface area (Å²) in [4.78, 5) is 27.1. The fraction of sp³-hybridized carbons (Fsp3) is 0.733. The normalized spacial score (nSPS) is 16.4. The SMILES string of the molecule is CNCCC1CCN(C(=O)Cn2c(C)c(C)sc2=O)CC1. The molecule has 0 spiro atoms. The van der Waals surface area contributed by atoms with E-state index in [0.717, 1.165) is 43.0 Å². The standard InChI is InChI=1S/C15H25N3O2S/c1-11-12(2)21-15(20)18(11)10-14(19)17-8-5-13(6-9-17)4-7-16-3/h13,16H,4-10H2,1-3H3. The zero-order valence-corrected chi connectivity index (χ0v) is 14.0. The Labute approximate surface area is 130 Å². The van der Waals surface area contributed by atoms with Gasteiger partial charge < -0.3 is 10.2 Å². The van der Waals surface area contributed by atoms with Gasteiger partial charge in [0, 0.05) is 23.7 Å². The summed E-state index contributed by atoms with van der Waals surface area (Å²) >= 11 is 1.22. The number of nitrogens with zero attached hydrogens (tertiary/aromatic N) is 2. The first-order valence-corrected chi connectivity index (χ1v) is 8.43. The van der Waals surface area contributed by atoms with E-state index in [1.165, 1.54) is 17.8 Å². The van der Waals surface area contributed by atoms with Gasteiger partial charge in [0.2, 0.25) is 5.91 Å². The van der Waals surface area contributed by atoms with Gasteiger partial charge in [0.1, 0.15) is 6.54 Å². The molecule has 0 unspecified atom stereocenters. The van der Waals surface area contributed by atoms with E-state index in [0.29, 0.717) is 5.92 Å². The summed E-state index contributed by atoms with van der Waals surface area (Å²) in [7, 11) is 1.97. The second-order valence-electron chi connectivity index (χ2n) is 5.81. The minimum absolute atomic E-state index is 0.0257. The molecule has 1 N–H and O–H groups in total. The van der Waals surface area contributed by atoms with Crippen molar-refractivity contribution in [1.29, 1.82) is 0 Å². The third kappa shape index (κ3) is 3.95. The maximum absolute atomic E-state index is 12.4. The smallest absolute Gasteiger partial charge is 0.308 e. The second kappa shape index (κ2) is 7.22. The van der Waals surface area contributed by atoms with Gasteiger partial charge in [-0.05, 0) is 52.6 Å². The van der Waals surface area contributed by atoms with E-state index in [-0.39, 0.29) is 17.3 Å². The molecule has 1 amide bonds. The Balaban J connectivity index is 1.89. The Bertz CT molecular complexity index is 542. The third-order valence-electron chi connectivity index (χ3n) is 4.44. The number of aromatic nitrogens is 1. The molecule has 1 aromatic heterocycles. The van der Waals surface area contributed by atoms with Crippen LogP contribution in [0.1, 0.15) is 29.8 Å². The quantitative estimate of drug-likeness (QED) is 0.894. The van der Waals surface area contributed by atoms with E-state index in [4.69, 9.17) is 0 Å². The number of carbonyl (C=O) groups excluding carboxylic acids is 1. The number of nitrogens with one attached hydrogen (secondary N) is 1. The lowest BCUT2D eigenvalue weighted by molar-refractivity contribution is -0.133. The summed E-state index contributed by atoms with van der Waals surface area (Å²) in [5.74, 6) is 0.791. The molecule has 0 bridgehead atoms. The highest BCUT2D eigenvalue weighted by Crippen LogP contribution is 2.20. The number of aryl methyl sites for hydroxylation is 1. The van der Waals surface area contributed by atoms with Crippen LogP contribution in [0.15, 0.2) is 4.79 Å². The van der Waals surface area contributed by atoms with E-state index >= 15 is 0 Å². The van der Waals surface area contributed by atoms with Crippen molar-refractivity contribution in [3.05, 3.63) is 20.2 Å². The first-order valence-electron chi connectivity index (χ1n) is 7.62. The minimum atomic E-state index is -0.0257. The maximum atomic E-state index is 12.4. The van der Waals surface area contributed by atoms with Crippen molar-refractivity contribution in [2.45, 2.75) is 39.7 Å². The molecular formula is C15H25N3O2S. The molecule has 6 heteroatoms. The van der Waals surface area contributed by atoms with Crippen molar-refractivity contribution < 1.29 is 4.79 Å². The van der Waals surface area contributed by atoms with Gasteiger partial charge in [0.15, 0.2) is 0 Å². The van der Waals surface area contributed by atoms with Crippen LogP contribution >= 0.6 is 11.3 Å². The lowest BCUT2D eigenvalue weighted by Gasteiger charge is -2.32. The monoisotopic (exact) mass is 311 g/mol. The number of amides is 1. The van der Waals surface area contributed by atoms with Gasteiger partial charge in [-0.15, -0.1) is 0 Å². The van der Waals surface area contributed by atoms with Crippen LogP contribution < -0.4 is 10.2 Å². The van der Waals surface area contributed by atoms with Crippen LogP contribution in [0.25, 0.3) is 0 Å². The molecule has 118 valence electrons. The molecule has 1 aliphatic rings. The number of piperidine rings is 1. The molecule has 2 rings (SSSR count). The van der Waals surface area contributed by atoms with Crippen LogP contribution in [0.4, 0.5) is 0 Å². The highest BCUT2D eigenvalue weighted by Gasteiger charge is 2.23. The molecule has 0 saturated carbocycles. The number of thiazole rings is 1. The molecule has 1 fully saturated rings. The van der Waals surface area contributed by atoms with Crippen molar-refractivity contribution in [3.8, 4) is 0 Å². The van der Waals surface area contributed by atoms with Gasteiger partial charge in [0.25, 0.3) is 0 Å². The van der Waals surface area contributed by atoms with E-state index in [2.05, 4.69) is 5.32 Å². The first-order chi connectivity index (χ1) is 10.0.